The Morgan fingerprint density at radius 3 is 2.41 bits per heavy atom. The zero-order chi connectivity index (χ0) is 12.1. The molecule has 2 nitrogen and oxygen atoms in total. The van der Waals surface area contributed by atoms with E-state index in [2.05, 4.69) is 36.1 Å². The number of nitrogens with zero attached hydrogens (tertiary/aromatic N) is 1. The standard InChI is InChI=1S/C15H24N2/c1-2-14(16)13-9-5-6-10-15(13)17-11-7-3-4-8-12-17/h5-6,9-10,14H,2-4,7-8,11-12,16H2,1H3/t14-/m1/s1. The molecule has 1 saturated heterocycles. The average Bonchev–Trinajstić information content (AvgIpc) is 2.66. The molecule has 0 aromatic heterocycles. The van der Waals surface area contributed by atoms with Gasteiger partial charge in [0.2, 0.25) is 0 Å². The van der Waals surface area contributed by atoms with Crippen LogP contribution in [0.2, 0.25) is 0 Å². The number of anilines is 1. The molecule has 2 heteroatoms. The summed E-state index contributed by atoms with van der Waals surface area (Å²) in [5.41, 5.74) is 8.90. The van der Waals surface area contributed by atoms with Crippen LogP contribution in [0.5, 0.6) is 0 Å². The third kappa shape index (κ3) is 3.01. The topological polar surface area (TPSA) is 29.3 Å². The fourth-order valence-electron chi connectivity index (χ4n) is 2.62. The molecule has 1 heterocycles. The second-order valence-electron chi connectivity index (χ2n) is 4.97. The molecule has 1 aliphatic heterocycles. The lowest BCUT2D eigenvalue weighted by molar-refractivity contribution is 0.688. The summed E-state index contributed by atoms with van der Waals surface area (Å²) < 4.78 is 0. The summed E-state index contributed by atoms with van der Waals surface area (Å²) >= 11 is 0. The molecule has 0 aliphatic carbocycles. The van der Waals surface area contributed by atoms with Crippen LogP contribution in [0.25, 0.3) is 0 Å². The van der Waals surface area contributed by atoms with Crippen molar-refractivity contribution in [2.75, 3.05) is 18.0 Å². The second kappa shape index (κ2) is 6.06. The molecule has 94 valence electrons. The summed E-state index contributed by atoms with van der Waals surface area (Å²) in [5, 5.41) is 0. The maximum Gasteiger partial charge on any atom is 0.0414 e. The lowest BCUT2D eigenvalue weighted by Gasteiger charge is -2.27. The maximum absolute atomic E-state index is 6.21. The van der Waals surface area contributed by atoms with Crippen LogP contribution >= 0.6 is 0 Å². The molecule has 0 saturated carbocycles. The van der Waals surface area contributed by atoms with Gasteiger partial charge in [-0.25, -0.2) is 0 Å². The molecule has 0 unspecified atom stereocenters. The number of rotatable bonds is 3. The zero-order valence-corrected chi connectivity index (χ0v) is 10.9. The third-order valence-corrected chi connectivity index (χ3v) is 3.72. The summed E-state index contributed by atoms with van der Waals surface area (Å²) in [4.78, 5) is 2.53. The molecule has 17 heavy (non-hydrogen) atoms. The smallest absolute Gasteiger partial charge is 0.0414 e. The lowest BCUT2D eigenvalue weighted by Crippen LogP contribution is -2.26. The van der Waals surface area contributed by atoms with Crippen molar-refractivity contribution in [2.24, 2.45) is 5.73 Å². The fourth-order valence-corrected chi connectivity index (χ4v) is 2.62. The average molecular weight is 232 g/mol. The van der Waals surface area contributed by atoms with Gasteiger partial charge in [-0.2, -0.15) is 0 Å². The Hall–Kier alpha value is -1.02. The first-order valence-electron chi connectivity index (χ1n) is 6.92. The van der Waals surface area contributed by atoms with Crippen LogP contribution in [0.4, 0.5) is 5.69 Å². The van der Waals surface area contributed by atoms with Crippen molar-refractivity contribution >= 4 is 5.69 Å². The van der Waals surface area contributed by atoms with Crippen LogP contribution in [0, 0.1) is 0 Å². The van der Waals surface area contributed by atoms with E-state index < -0.39 is 0 Å². The molecule has 0 radical (unpaired) electrons. The van der Waals surface area contributed by atoms with E-state index in [-0.39, 0.29) is 6.04 Å². The molecular formula is C15H24N2. The van der Waals surface area contributed by atoms with Gasteiger partial charge in [-0.1, -0.05) is 38.0 Å². The maximum atomic E-state index is 6.21. The van der Waals surface area contributed by atoms with Crippen molar-refractivity contribution in [3.63, 3.8) is 0 Å². The Bertz CT molecular complexity index is 341. The SMILES string of the molecule is CC[C@@H](N)c1ccccc1N1CCCCCC1. The first-order chi connectivity index (χ1) is 8.33. The zero-order valence-electron chi connectivity index (χ0n) is 10.9. The molecule has 2 N–H and O–H groups in total. The summed E-state index contributed by atoms with van der Waals surface area (Å²) in [7, 11) is 0. The van der Waals surface area contributed by atoms with Gasteiger partial charge in [-0.05, 0) is 30.9 Å². The molecule has 0 spiro atoms. The normalized spacial score (nSPS) is 18.8. The predicted octanol–water partition coefficient (Wildman–Crippen LogP) is 3.48. The fraction of sp³-hybridized carbons (Fsp3) is 0.600. The Kier molecular flexibility index (Phi) is 4.43. The molecule has 0 bridgehead atoms. The molecular weight excluding hydrogens is 208 g/mol. The van der Waals surface area contributed by atoms with Crippen LogP contribution in [0.15, 0.2) is 24.3 Å². The molecule has 1 aliphatic rings. The largest absolute Gasteiger partial charge is 0.371 e. The Morgan fingerprint density at radius 2 is 1.76 bits per heavy atom. The van der Waals surface area contributed by atoms with Gasteiger partial charge in [-0.15, -0.1) is 0 Å². The number of hydrogen-bond acceptors (Lipinski definition) is 2. The number of hydrogen-bond donors (Lipinski definition) is 1. The number of nitrogens with two attached hydrogens (primary N) is 1. The van der Waals surface area contributed by atoms with Gasteiger partial charge in [0, 0.05) is 24.8 Å². The van der Waals surface area contributed by atoms with Crippen molar-refractivity contribution in [3.8, 4) is 0 Å². The third-order valence-electron chi connectivity index (χ3n) is 3.72. The van der Waals surface area contributed by atoms with Gasteiger partial charge in [0.15, 0.2) is 0 Å². The molecule has 1 atom stereocenters. The summed E-state index contributed by atoms with van der Waals surface area (Å²) in [6.45, 7) is 4.53. The molecule has 1 aromatic carbocycles. The lowest BCUT2D eigenvalue weighted by atomic mass is 10.0. The quantitative estimate of drug-likeness (QED) is 0.864. The predicted molar refractivity (Wildman–Crippen MR) is 74.3 cm³/mol. The van der Waals surface area contributed by atoms with Crippen molar-refractivity contribution in [2.45, 2.75) is 45.1 Å². The molecule has 0 amide bonds. The van der Waals surface area contributed by atoms with Gasteiger partial charge in [0.05, 0.1) is 0 Å². The minimum atomic E-state index is 0.175. The van der Waals surface area contributed by atoms with Crippen LogP contribution in [-0.4, -0.2) is 13.1 Å². The summed E-state index contributed by atoms with van der Waals surface area (Å²) in [6.07, 6.45) is 6.38. The first-order valence-corrected chi connectivity index (χ1v) is 6.92. The molecule has 1 aromatic rings. The summed E-state index contributed by atoms with van der Waals surface area (Å²) in [6, 6.07) is 8.83. The summed E-state index contributed by atoms with van der Waals surface area (Å²) in [5.74, 6) is 0. The van der Waals surface area contributed by atoms with Crippen LogP contribution in [0.1, 0.15) is 50.6 Å². The van der Waals surface area contributed by atoms with Crippen molar-refractivity contribution in [3.05, 3.63) is 29.8 Å². The Morgan fingerprint density at radius 1 is 1.12 bits per heavy atom. The minimum absolute atomic E-state index is 0.175. The van der Waals surface area contributed by atoms with E-state index in [1.54, 1.807) is 0 Å². The highest BCUT2D eigenvalue weighted by molar-refractivity contribution is 5.55. The van der Waals surface area contributed by atoms with E-state index in [9.17, 15) is 0 Å². The van der Waals surface area contributed by atoms with Crippen molar-refractivity contribution < 1.29 is 0 Å². The van der Waals surface area contributed by atoms with E-state index in [1.807, 2.05) is 0 Å². The minimum Gasteiger partial charge on any atom is -0.371 e. The number of benzene rings is 1. The van der Waals surface area contributed by atoms with Gasteiger partial charge in [0.1, 0.15) is 0 Å². The Balaban J connectivity index is 2.23. The molecule has 2 rings (SSSR count). The van der Waals surface area contributed by atoms with E-state index in [0.717, 1.165) is 6.42 Å². The first kappa shape index (κ1) is 12.4. The van der Waals surface area contributed by atoms with E-state index in [0.29, 0.717) is 0 Å². The van der Waals surface area contributed by atoms with Gasteiger partial charge in [0.25, 0.3) is 0 Å². The number of para-hydroxylation sites is 1. The van der Waals surface area contributed by atoms with Gasteiger partial charge >= 0.3 is 0 Å². The van der Waals surface area contributed by atoms with Crippen LogP contribution in [0.3, 0.4) is 0 Å². The van der Waals surface area contributed by atoms with Crippen LogP contribution in [-0.2, 0) is 0 Å². The Labute approximate surface area is 105 Å². The van der Waals surface area contributed by atoms with Crippen LogP contribution < -0.4 is 10.6 Å². The monoisotopic (exact) mass is 232 g/mol. The van der Waals surface area contributed by atoms with E-state index in [4.69, 9.17) is 5.73 Å². The van der Waals surface area contributed by atoms with Gasteiger partial charge < -0.3 is 10.6 Å². The van der Waals surface area contributed by atoms with Crippen molar-refractivity contribution in [1.82, 2.24) is 0 Å². The van der Waals surface area contributed by atoms with E-state index in [1.165, 1.54) is 50.0 Å². The highest BCUT2D eigenvalue weighted by Gasteiger charge is 2.15. The molecule has 1 fully saturated rings. The van der Waals surface area contributed by atoms with E-state index >= 15 is 0 Å². The second-order valence-corrected chi connectivity index (χ2v) is 4.97. The highest BCUT2D eigenvalue weighted by Crippen LogP contribution is 2.28. The highest BCUT2D eigenvalue weighted by atomic mass is 15.1. The van der Waals surface area contributed by atoms with Gasteiger partial charge in [-0.3, -0.25) is 0 Å². The van der Waals surface area contributed by atoms with Crippen molar-refractivity contribution in [1.29, 1.82) is 0 Å².